The number of carbonyl (C=O) groups is 2. The molecule has 2 aromatic rings. The molecule has 1 N–H and O–H groups in total. The highest BCUT2D eigenvalue weighted by Crippen LogP contribution is 2.39. The molecule has 1 atom stereocenters. The summed E-state index contributed by atoms with van der Waals surface area (Å²) >= 11 is 0. The van der Waals surface area contributed by atoms with Gasteiger partial charge in [0, 0.05) is 31.7 Å². The highest BCUT2D eigenvalue weighted by Gasteiger charge is 2.46. The molecule has 2 saturated heterocycles. The molecule has 7 heteroatoms. The first-order chi connectivity index (χ1) is 16.5. The first kappa shape index (κ1) is 24.0. The number of hydrogen-bond acceptors (Lipinski definition) is 6. The Kier molecular flexibility index (Phi) is 7.65. The van der Waals surface area contributed by atoms with Gasteiger partial charge in [0.05, 0.1) is 31.4 Å². The van der Waals surface area contributed by atoms with Crippen LogP contribution in [0.1, 0.15) is 36.1 Å². The average Bonchev–Trinajstić information content (AvgIpc) is 3.12. The molecule has 0 spiro atoms. The SMILES string of the molecule is CCCOc1ccc(C2/C(=C(/O)c3ccc(C)cc3)C(=O)C(=O)N2CCN2CCOCC2)cc1. The minimum Gasteiger partial charge on any atom is -0.507 e. The van der Waals surface area contributed by atoms with Crippen LogP contribution >= 0.6 is 0 Å². The number of Topliss-reactive ketones (excluding diaryl/α,β-unsaturated/α-hetero) is 1. The third-order valence-electron chi connectivity index (χ3n) is 6.29. The number of aliphatic hydroxyl groups excluding tert-OH is 1. The first-order valence-corrected chi connectivity index (χ1v) is 11.9. The Morgan fingerprint density at radius 3 is 2.35 bits per heavy atom. The number of morpholine rings is 1. The van der Waals surface area contributed by atoms with Crippen molar-refractivity contribution < 1.29 is 24.2 Å². The lowest BCUT2D eigenvalue weighted by molar-refractivity contribution is -0.140. The molecule has 1 unspecified atom stereocenters. The molecule has 2 aromatic carbocycles. The van der Waals surface area contributed by atoms with Crippen molar-refractivity contribution in [3.63, 3.8) is 0 Å². The number of benzene rings is 2. The third-order valence-corrected chi connectivity index (χ3v) is 6.29. The fourth-order valence-electron chi connectivity index (χ4n) is 4.36. The van der Waals surface area contributed by atoms with Gasteiger partial charge in [-0.1, -0.05) is 48.9 Å². The van der Waals surface area contributed by atoms with E-state index in [0.29, 0.717) is 38.5 Å². The Hall–Kier alpha value is -3.16. The van der Waals surface area contributed by atoms with Gasteiger partial charge in [-0.2, -0.15) is 0 Å². The average molecular weight is 465 g/mol. The van der Waals surface area contributed by atoms with E-state index in [0.717, 1.165) is 36.4 Å². The fraction of sp³-hybridized carbons (Fsp3) is 0.407. The van der Waals surface area contributed by atoms with Crippen molar-refractivity contribution in [3.8, 4) is 5.75 Å². The zero-order valence-electron chi connectivity index (χ0n) is 19.8. The molecule has 4 rings (SSSR count). The van der Waals surface area contributed by atoms with Crippen LogP contribution in [0, 0.1) is 6.92 Å². The van der Waals surface area contributed by atoms with E-state index in [2.05, 4.69) is 4.90 Å². The molecule has 180 valence electrons. The lowest BCUT2D eigenvalue weighted by atomic mass is 9.95. The van der Waals surface area contributed by atoms with E-state index in [1.54, 1.807) is 17.0 Å². The van der Waals surface area contributed by atoms with Crippen molar-refractivity contribution in [2.24, 2.45) is 0 Å². The van der Waals surface area contributed by atoms with Crippen molar-refractivity contribution in [2.45, 2.75) is 26.3 Å². The van der Waals surface area contributed by atoms with Crippen LogP contribution < -0.4 is 4.74 Å². The summed E-state index contributed by atoms with van der Waals surface area (Å²) in [6, 6.07) is 14.0. The second-order valence-electron chi connectivity index (χ2n) is 8.73. The Labute approximate surface area is 200 Å². The number of carbonyl (C=O) groups excluding carboxylic acids is 2. The predicted molar refractivity (Wildman–Crippen MR) is 130 cm³/mol. The van der Waals surface area contributed by atoms with Gasteiger partial charge < -0.3 is 19.5 Å². The maximum Gasteiger partial charge on any atom is 0.295 e. The van der Waals surface area contributed by atoms with E-state index in [1.807, 2.05) is 50.2 Å². The molecule has 1 amide bonds. The number of amides is 1. The minimum atomic E-state index is -0.664. The molecule has 0 saturated carbocycles. The van der Waals surface area contributed by atoms with Gasteiger partial charge in [-0.25, -0.2) is 0 Å². The van der Waals surface area contributed by atoms with E-state index >= 15 is 0 Å². The minimum absolute atomic E-state index is 0.123. The van der Waals surface area contributed by atoms with E-state index in [-0.39, 0.29) is 11.3 Å². The van der Waals surface area contributed by atoms with Gasteiger partial charge in [0.15, 0.2) is 0 Å². The highest BCUT2D eigenvalue weighted by molar-refractivity contribution is 6.46. The van der Waals surface area contributed by atoms with Crippen LogP contribution in [0.25, 0.3) is 5.76 Å². The van der Waals surface area contributed by atoms with E-state index < -0.39 is 17.7 Å². The summed E-state index contributed by atoms with van der Waals surface area (Å²) in [5.41, 5.74) is 2.45. The summed E-state index contributed by atoms with van der Waals surface area (Å²) in [5, 5.41) is 11.2. The number of aryl methyl sites for hydroxylation is 1. The van der Waals surface area contributed by atoms with Gasteiger partial charge in [-0.15, -0.1) is 0 Å². The number of hydrogen-bond donors (Lipinski definition) is 1. The molecule has 2 heterocycles. The summed E-state index contributed by atoms with van der Waals surface area (Å²) in [6.07, 6.45) is 0.903. The number of nitrogens with zero attached hydrogens (tertiary/aromatic N) is 2. The maximum atomic E-state index is 13.2. The van der Waals surface area contributed by atoms with Crippen LogP contribution in [-0.4, -0.2) is 72.6 Å². The van der Waals surface area contributed by atoms with E-state index in [1.165, 1.54) is 0 Å². The van der Waals surface area contributed by atoms with Gasteiger partial charge in [0.2, 0.25) is 0 Å². The molecule has 2 aliphatic rings. The Morgan fingerprint density at radius 1 is 1.03 bits per heavy atom. The molecular formula is C27H32N2O5. The van der Waals surface area contributed by atoms with Crippen molar-refractivity contribution in [1.29, 1.82) is 0 Å². The predicted octanol–water partition coefficient (Wildman–Crippen LogP) is 3.54. The Morgan fingerprint density at radius 2 is 1.71 bits per heavy atom. The fourth-order valence-corrected chi connectivity index (χ4v) is 4.36. The van der Waals surface area contributed by atoms with Crippen molar-refractivity contribution in [3.05, 3.63) is 70.8 Å². The molecule has 0 aromatic heterocycles. The quantitative estimate of drug-likeness (QED) is 0.366. The third kappa shape index (κ3) is 5.16. The van der Waals surface area contributed by atoms with E-state index in [4.69, 9.17) is 9.47 Å². The topological polar surface area (TPSA) is 79.3 Å². The molecule has 2 aliphatic heterocycles. The molecule has 2 fully saturated rings. The van der Waals surface area contributed by atoms with Crippen LogP contribution in [0.3, 0.4) is 0 Å². The number of likely N-dealkylation sites (tertiary alicyclic amines) is 1. The second-order valence-corrected chi connectivity index (χ2v) is 8.73. The standard InChI is InChI=1S/C27H32N2O5/c1-3-16-34-22-10-8-20(9-11-22)24-23(25(30)21-6-4-19(2)5-7-21)26(31)27(32)29(24)13-12-28-14-17-33-18-15-28/h4-11,24,30H,3,12-18H2,1-2H3/b25-23-. The number of ether oxygens (including phenoxy) is 2. The normalized spacial score (nSPS) is 20.6. The number of ketones is 1. The van der Waals surface area contributed by atoms with Crippen molar-refractivity contribution in [2.75, 3.05) is 46.0 Å². The largest absolute Gasteiger partial charge is 0.507 e. The van der Waals surface area contributed by atoms with Crippen LogP contribution in [0.2, 0.25) is 0 Å². The second kappa shape index (κ2) is 10.8. The molecule has 34 heavy (non-hydrogen) atoms. The van der Waals surface area contributed by atoms with Crippen LogP contribution in [-0.2, 0) is 14.3 Å². The zero-order valence-corrected chi connectivity index (χ0v) is 19.8. The maximum absolute atomic E-state index is 13.2. The number of rotatable bonds is 8. The molecule has 7 nitrogen and oxygen atoms in total. The summed E-state index contributed by atoms with van der Waals surface area (Å²) in [7, 11) is 0. The lowest BCUT2D eigenvalue weighted by Gasteiger charge is -2.31. The van der Waals surface area contributed by atoms with Crippen molar-refractivity contribution in [1.82, 2.24) is 9.80 Å². The van der Waals surface area contributed by atoms with Crippen LogP contribution in [0.5, 0.6) is 5.75 Å². The zero-order chi connectivity index (χ0) is 24.1. The van der Waals surface area contributed by atoms with Gasteiger partial charge in [0.25, 0.3) is 11.7 Å². The Bertz CT molecular complexity index is 1040. The van der Waals surface area contributed by atoms with Crippen LogP contribution in [0.15, 0.2) is 54.1 Å². The molecule has 0 aliphatic carbocycles. The monoisotopic (exact) mass is 464 g/mol. The molecule has 0 bridgehead atoms. The molecule has 0 radical (unpaired) electrons. The van der Waals surface area contributed by atoms with E-state index in [9.17, 15) is 14.7 Å². The van der Waals surface area contributed by atoms with Gasteiger partial charge in [-0.05, 0) is 31.0 Å². The van der Waals surface area contributed by atoms with Crippen molar-refractivity contribution >= 4 is 17.4 Å². The Balaban J connectivity index is 1.69. The first-order valence-electron chi connectivity index (χ1n) is 11.9. The van der Waals surface area contributed by atoms with Gasteiger partial charge in [0.1, 0.15) is 11.5 Å². The summed E-state index contributed by atoms with van der Waals surface area (Å²) < 4.78 is 11.1. The summed E-state index contributed by atoms with van der Waals surface area (Å²) in [6.45, 7) is 8.54. The smallest absolute Gasteiger partial charge is 0.295 e. The summed E-state index contributed by atoms with van der Waals surface area (Å²) in [5.74, 6) is -0.660. The molecular weight excluding hydrogens is 432 g/mol. The number of aliphatic hydroxyl groups is 1. The lowest BCUT2D eigenvalue weighted by Crippen LogP contribution is -2.42. The highest BCUT2D eigenvalue weighted by atomic mass is 16.5. The van der Waals surface area contributed by atoms with Crippen LogP contribution in [0.4, 0.5) is 0 Å². The van der Waals surface area contributed by atoms with Gasteiger partial charge in [-0.3, -0.25) is 14.5 Å². The van der Waals surface area contributed by atoms with Gasteiger partial charge >= 0.3 is 0 Å². The summed E-state index contributed by atoms with van der Waals surface area (Å²) in [4.78, 5) is 30.1.